The summed E-state index contributed by atoms with van der Waals surface area (Å²) in [5, 5.41) is 0. The Kier molecular flexibility index (Phi) is 6.07. The van der Waals surface area contributed by atoms with Crippen LogP contribution in [0.15, 0.2) is 54.6 Å². The van der Waals surface area contributed by atoms with Crippen molar-refractivity contribution < 1.29 is 4.74 Å². The molecular weight excluding hydrogens is 334 g/mol. The fourth-order valence-electron chi connectivity index (χ4n) is 4.26. The van der Waals surface area contributed by atoms with Crippen LogP contribution in [0.3, 0.4) is 0 Å². The lowest BCUT2D eigenvalue weighted by Gasteiger charge is -2.46. The van der Waals surface area contributed by atoms with E-state index < -0.39 is 0 Å². The third-order valence-electron chi connectivity index (χ3n) is 5.84. The molecule has 144 valence electrons. The molecule has 4 rings (SSSR count). The molecule has 27 heavy (non-hydrogen) atoms. The summed E-state index contributed by atoms with van der Waals surface area (Å²) in [5.41, 5.74) is 2.63. The topological polar surface area (TPSA) is 19.0 Å². The Labute approximate surface area is 163 Å². The summed E-state index contributed by atoms with van der Waals surface area (Å²) in [5.74, 6) is 1.04. The molecule has 4 nitrogen and oxygen atoms in total. The molecule has 0 saturated carbocycles. The molecule has 2 saturated heterocycles. The fraction of sp³-hybridized carbons (Fsp3) is 0.478. The van der Waals surface area contributed by atoms with Gasteiger partial charge in [-0.25, -0.2) is 0 Å². The van der Waals surface area contributed by atoms with Crippen LogP contribution in [-0.2, 0) is 13.0 Å². The minimum Gasteiger partial charge on any atom is -0.493 e. The summed E-state index contributed by atoms with van der Waals surface area (Å²) in [6, 6.07) is 19.8. The maximum atomic E-state index is 6.16. The molecule has 2 aromatic rings. The van der Waals surface area contributed by atoms with E-state index in [2.05, 4.69) is 76.3 Å². The van der Waals surface area contributed by atoms with E-state index in [1.54, 1.807) is 0 Å². The van der Waals surface area contributed by atoms with E-state index in [1.165, 1.54) is 37.3 Å². The second-order valence-corrected chi connectivity index (χ2v) is 7.88. The molecule has 0 spiro atoms. The second-order valence-electron chi connectivity index (χ2n) is 7.88. The summed E-state index contributed by atoms with van der Waals surface area (Å²) < 4.78 is 6.16. The van der Waals surface area contributed by atoms with Crippen molar-refractivity contribution in [1.29, 1.82) is 0 Å². The van der Waals surface area contributed by atoms with Gasteiger partial charge in [-0.15, -0.1) is 0 Å². The summed E-state index contributed by atoms with van der Waals surface area (Å²) in [6.07, 6.45) is 0.947. The van der Waals surface area contributed by atoms with Crippen molar-refractivity contribution in [3.63, 3.8) is 0 Å². The van der Waals surface area contributed by atoms with Crippen LogP contribution < -0.4 is 4.74 Å². The first kappa shape index (κ1) is 18.5. The van der Waals surface area contributed by atoms with Crippen molar-refractivity contribution in [3.8, 4) is 5.75 Å². The average molecular weight is 366 g/mol. The predicted octanol–water partition coefficient (Wildman–Crippen LogP) is 2.74. The first-order valence-corrected chi connectivity index (χ1v) is 10.2. The zero-order valence-corrected chi connectivity index (χ0v) is 16.4. The molecule has 0 radical (unpaired) electrons. The molecule has 2 aromatic carbocycles. The Bertz CT molecular complexity index is 721. The van der Waals surface area contributed by atoms with Gasteiger partial charge in [0.25, 0.3) is 0 Å². The van der Waals surface area contributed by atoms with Crippen molar-refractivity contribution in [3.05, 3.63) is 65.7 Å². The lowest BCUT2D eigenvalue weighted by Crippen LogP contribution is -2.61. The minimum absolute atomic E-state index is 0.670. The molecule has 2 aliphatic heterocycles. The van der Waals surface area contributed by atoms with Crippen LogP contribution >= 0.6 is 0 Å². The molecule has 0 aliphatic carbocycles. The lowest BCUT2D eigenvalue weighted by atomic mass is 10.1. The van der Waals surface area contributed by atoms with Gasteiger partial charge in [-0.2, -0.15) is 0 Å². The van der Waals surface area contributed by atoms with E-state index in [0.717, 1.165) is 38.4 Å². The number of benzene rings is 2. The van der Waals surface area contributed by atoms with E-state index in [-0.39, 0.29) is 0 Å². The van der Waals surface area contributed by atoms with Crippen LogP contribution in [0, 0.1) is 0 Å². The molecule has 1 unspecified atom stereocenters. The molecule has 0 N–H and O–H groups in total. The molecule has 2 heterocycles. The Morgan fingerprint density at radius 3 is 2.56 bits per heavy atom. The number of piperazine rings is 2. The standard InChI is InChI=1S/C23H31N3O/c1-24-12-14-26-15-13-25(19-22(26)18-24)17-21-9-5-6-10-23(21)27-16-11-20-7-3-2-4-8-20/h2-10,22H,11-19H2,1H3. The van der Waals surface area contributed by atoms with Gasteiger partial charge < -0.3 is 9.64 Å². The highest BCUT2D eigenvalue weighted by Gasteiger charge is 2.30. The van der Waals surface area contributed by atoms with Crippen LogP contribution in [0.4, 0.5) is 0 Å². The molecule has 0 amide bonds. The largest absolute Gasteiger partial charge is 0.493 e. The predicted molar refractivity (Wildman–Crippen MR) is 110 cm³/mol. The van der Waals surface area contributed by atoms with Crippen molar-refractivity contribution in [2.24, 2.45) is 0 Å². The Morgan fingerprint density at radius 1 is 0.889 bits per heavy atom. The van der Waals surface area contributed by atoms with E-state index in [4.69, 9.17) is 4.74 Å². The van der Waals surface area contributed by atoms with Crippen LogP contribution in [-0.4, -0.2) is 73.7 Å². The van der Waals surface area contributed by atoms with E-state index in [0.29, 0.717) is 6.04 Å². The highest BCUT2D eigenvalue weighted by atomic mass is 16.5. The van der Waals surface area contributed by atoms with Gasteiger partial charge in [0.15, 0.2) is 0 Å². The smallest absolute Gasteiger partial charge is 0.123 e. The number of hydrogen-bond acceptors (Lipinski definition) is 4. The fourth-order valence-corrected chi connectivity index (χ4v) is 4.26. The number of ether oxygens (including phenoxy) is 1. The minimum atomic E-state index is 0.670. The van der Waals surface area contributed by atoms with E-state index in [1.807, 2.05) is 0 Å². The van der Waals surface area contributed by atoms with Crippen LogP contribution in [0.25, 0.3) is 0 Å². The average Bonchev–Trinajstić information content (AvgIpc) is 2.70. The van der Waals surface area contributed by atoms with Crippen molar-refractivity contribution in [1.82, 2.24) is 14.7 Å². The SMILES string of the molecule is CN1CCN2CCN(Cc3ccccc3OCCc3ccccc3)CC2C1. The van der Waals surface area contributed by atoms with Gasteiger partial charge in [0.1, 0.15) is 5.75 Å². The third kappa shape index (κ3) is 4.89. The van der Waals surface area contributed by atoms with Gasteiger partial charge in [-0.05, 0) is 18.7 Å². The van der Waals surface area contributed by atoms with Crippen LogP contribution in [0.2, 0.25) is 0 Å². The Morgan fingerprint density at radius 2 is 1.67 bits per heavy atom. The van der Waals surface area contributed by atoms with E-state index >= 15 is 0 Å². The zero-order chi connectivity index (χ0) is 18.5. The Balaban J connectivity index is 1.34. The number of para-hydroxylation sites is 1. The monoisotopic (exact) mass is 365 g/mol. The lowest BCUT2D eigenvalue weighted by molar-refractivity contribution is 0.0172. The van der Waals surface area contributed by atoms with Crippen LogP contribution in [0.5, 0.6) is 5.75 Å². The summed E-state index contributed by atoms with van der Waals surface area (Å²) in [7, 11) is 2.24. The molecule has 2 aliphatic rings. The molecule has 4 heteroatoms. The van der Waals surface area contributed by atoms with Crippen molar-refractivity contribution in [2.75, 3.05) is 52.9 Å². The normalized spacial score (nSPS) is 21.7. The first-order valence-electron chi connectivity index (χ1n) is 10.2. The van der Waals surface area contributed by atoms with Gasteiger partial charge in [0.2, 0.25) is 0 Å². The second kappa shape index (κ2) is 8.87. The summed E-state index contributed by atoms with van der Waals surface area (Å²) in [4.78, 5) is 7.73. The number of rotatable bonds is 6. The summed E-state index contributed by atoms with van der Waals surface area (Å²) in [6.45, 7) is 8.81. The third-order valence-corrected chi connectivity index (χ3v) is 5.84. The molecule has 0 aromatic heterocycles. The van der Waals surface area contributed by atoms with Gasteiger partial charge in [0.05, 0.1) is 6.61 Å². The zero-order valence-electron chi connectivity index (χ0n) is 16.4. The van der Waals surface area contributed by atoms with Crippen LogP contribution in [0.1, 0.15) is 11.1 Å². The number of fused-ring (bicyclic) bond motifs is 1. The van der Waals surface area contributed by atoms with Gasteiger partial charge in [-0.1, -0.05) is 48.5 Å². The number of likely N-dealkylation sites (N-methyl/N-ethyl adjacent to an activating group) is 1. The van der Waals surface area contributed by atoms with E-state index in [9.17, 15) is 0 Å². The first-order chi connectivity index (χ1) is 13.3. The number of nitrogens with zero attached hydrogens (tertiary/aromatic N) is 3. The molecule has 1 atom stereocenters. The maximum Gasteiger partial charge on any atom is 0.123 e. The highest BCUT2D eigenvalue weighted by molar-refractivity contribution is 5.33. The highest BCUT2D eigenvalue weighted by Crippen LogP contribution is 2.23. The quantitative estimate of drug-likeness (QED) is 0.783. The molecule has 2 fully saturated rings. The van der Waals surface area contributed by atoms with Crippen molar-refractivity contribution >= 4 is 0 Å². The van der Waals surface area contributed by atoms with Crippen molar-refractivity contribution in [2.45, 2.75) is 19.0 Å². The maximum absolute atomic E-state index is 6.16. The molecule has 0 bridgehead atoms. The Hall–Kier alpha value is -1.88. The number of hydrogen-bond donors (Lipinski definition) is 0. The summed E-state index contributed by atoms with van der Waals surface area (Å²) >= 11 is 0. The van der Waals surface area contributed by atoms with Gasteiger partial charge in [-0.3, -0.25) is 9.80 Å². The van der Waals surface area contributed by atoms with Gasteiger partial charge >= 0.3 is 0 Å². The van der Waals surface area contributed by atoms with Gasteiger partial charge in [0, 0.05) is 63.8 Å². The molecular formula is C23H31N3O.